The summed E-state index contributed by atoms with van der Waals surface area (Å²) in [5.74, 6) is -0.702. The molecule has 0 bridgehead atoms. The Morgan fingerprint density at radius 3 is 3.00 bits per heavy atom. The van der Waals surface area contributed by atoms with Gasteiger partial charge in [-0.2, -0.15) is 0 Å². The summed E-state index contributed by atoms with van der Waals surface area (Å²) in [6.07, 6.45) is 2.06. The lowest BCUT2D eigenvalue weighted by Crippen LogP contribution is -2.31. The van der Waals surface area contributed by atoms with Crippen molar-refractivity contribution >= 4 is 21.9 Å². The van der Waals surface area contributed by atoms with Crippen molar-refractivity contribution in [3.8, 4) is 0 Å². The van der Waals surface area contributed by atoms with Crippen LogP contribution >= 0.6 is 15.9 Å². The molecule has 4 heteroatoms. The van der Waals surface area contributed by atoms with Crippen molar-refractivity contribution in [3.63, 3.8) is 0 Å². The average molecular weight is 298 g/mol. The molecule has 1 aliphatic heterocycles. The molecule has 1 aromatic rings. The first-order chi connectivity index (χ1) is 8.15. The quantitative estimate of drug-likeness (QED) is 0.929. The molecule has 0 atom stereocenters. The molecule has 1 heterocycles. The Morgan fingerprint density at radius 1 is 1.41 bits per heavy atom. The molecule has 1 aromatic carbocycles. The van der Waals surface area contributed by atoms with Gasteiger partial charge in [0.25, 0.3) is 0 Å². The normalized spacial score (nSPS) is 15.6. The third kappa shape index (κ3) is 3.54. The molecule has 0 radical (unpaired) electrons. The molecule has 0 aliphatic carbocycles. The first kappa shape index (κ1) is 12.6. The van der Waals surface area contributed by atoms with Gasteiger partial charge in [-0.05, 0) is 42.6 Å². The van der Waals surface area contributed by atoms with Crippen LogP contribution in [0.2, 0.25) is 0 Å². The molecule has 0 fully saturated rings. The first-order valence-electron chi connectivity index (χ1n) is 5.86. The zero-order valence-corrected chi connectivity index (χ0v) is 11.2. The highest BCUT2D eigenvalue weighted by Crippen LogP contribution is 2.22. The van der Waals surface area contributed by atoms with E-state index in [0.29, 0.717) is 0 Å². The number of carbonyl (C=O) groups is 1. The van der Waals surface area contributed by atoms with E-state index >= 15 is 0 Å². The van der Waals surface area contributed by atoms with Gasteiger partial charge in [-0.15, -0.1) is 0 Å². The van der Waals surface area contributed by atoms with Gasteiger partial charge in [0.15, 0.2) is 0 Å². The number of carboxylic acids is 1. The number of hydrogen-bond donors (Lipinski definition) is 1. The fourth-order valence-electron chi connectivity index (χ4n) is 2.22. The third-order valence-corrected chi connectivity index (χ3v) is 3.62. The Balaban J connectivity index is 1.90. The van der Waals surface area contributed by atoms with Gasteiger partial charge in [0.05, 0.1) is 0 Å². The summed E-state index contributed by atoms with van der Waals surface area (Å²) in [6.45, 7) is 2.85. The topological polar surface area (TPSA) is 40.5 Å². The van der Waals surface area contributed by atoms with E-state index in [-0.39, 0.29) is 6.42 Å². The minimum absolute atomic E-state index is 0.268. The molecule has 0 spiro atoms. The average Bonchev–Trinajstić information content (AvgIpc) is 2.29. The summed E-state index contributed by atoms with van der Waals surface area (Å²) < 4.78 is 1.13. The van der Waals surface area contributed by atoms with Crippen LogP contribution in [-0.4, -0.2) is 29.1 Å². The third-order valence-electron chi connectivity index (χ3n) is 3.12. The van der Waals surface area contributed by atoms with Crippen LogP contribution in [-0.2, 0) is 17.8 Å². The van der Waals surface area contributed by atoms with E-state index < -0.39 is 5.97 Å². The van der Waals surface area contributed by atoms with Crippen molar-refractivity contribution in [1.82, 2.24) is 4.90 Å². The smallest absolute Gasteiger partial charge is 0.303 e. The standard InChI is InChI=1S/C13H16BrNO2/c14-12-4-3-11-9-15(6-1-2-13(16)17)7-5-10(11)8-12/h3-4,8H,1-2,5-7,9H2,(H,16,17). The molecule has 0 unspecified atom stereocenters. The van der Waals surface area contributed by atoms with Crippen LogP contribution in [0.4, 0.5) is 0 Å². The van der Waals surface area contributed by atoms with E-state index in [9.17, 15) is 4.79 Å². The highest BCUT2D eigenvalue weighted by Gasteiger charge is 2.15. The van der Waals surface area contributed by atoms with Crippen molar-refractivity contribution in [3.05, 3.63) is 33.8 Å². The highest BCUT2D eigenvalue weighted by molar-refractivity contribution is 9.10. The van der Waals surface area contributed by atoms with Gasteiger partial charge < -0.3 is 5.11 Å². The molecule has 17 heavy (non-hydrogen) atoms. The van der Waals surface area contributed by atoms with Crippen molar-refractivity contribution in [2.75, 3.05) is 13.1 Å². The van der Waals surface area contributed by atoms with Crippen molar-refractivity contribution in [1.29, 1.82) is 0 Å². The van der Waals surface area contributed by atoms with Crippen LogP contribution in [0.15, 0.2) is 22.7 Å². The maximum absolute atomic E-state index is 10.5. The molecule has 2 rings (SSSR count). The SMILES string of the molecule is O=C(O)CCCN1CCc2cc(Br)ccc2C1. The van der Waals surface area contributed by atoms with E-state index in [1.54, 1.807) is 0 Å². The van der Waals surface area contributed by atoms with Crippen LogP contribution in [0.25, 0.3) is 0 Å². The van der Waals surface area contributed by atoms with Gasteiger partial charge in [-0.3, -0.25) is 9.69 Å². The fourth-order valence-corrected chi connectivity index (χ4v) is 2.63. The Morgan fingerprint density at radius 2 is 2.24 bits per heavy atom. The van der Waals surface area contributed by atoms with E-state index in [1.807, 2.05) is 0 Å². The van der Waals surface area contributed by atoms with Crippen molar-refractivity contribution in [2.24, 2.45) is 0 Å². The lowest BCUT2D eigenvalue weighted by atomic mass is 10.00. The lowest BCUT2D eigenvalue weighted by molar-refractivity contribution is -0.137. The summed E-state index contributed by atoms with van der Waals surface area (Å²) in [6, 6.07) is 6.41. The summed E-state index contributed by atoms with van der Waals surface area (Å²) in [5, 5.41) is 8.61. The number of fused-ring (bicyclic) bond motifs is 1. The summed E-state index contributed by atoms with van der Waals surface area (Å²) in [4.78, 5) is 12.8. The maximum Gasteiger partial charge on any atom is 0.303 e. The zero-order chi connectivity index (χ0) is 12.3. The van der Waals surface area contributed by atoms with Crippen LogP contribution in [0, 0.1) is 0 Å². The molecule has 1 aliphatic rings. The van der Waals surface area contributed by atoms with Gasteiger partial charge in [0, 0.05) is 24.0 Å². The molecule has 0 aromatic heterocycles. The molecule has 1 N–H and O–H groups in total. The molecule has 0 saturated heterocycles. The molecule has 0 amide bonds. The predicted octanol–water partition coefficient (Wildman–Crippen LogP) is 2.67. The van der Waals surface area contributed by atoms with Gasteiger partial charge in [0.1, 0.15) is 0 Å². The Bertz CT molecular complexity index is 420. The Kier molecular flexibility index (Phi) is 4.18. The largest absolute Gasteiger partial charge is 0.481 e. The van der Waals surface area contributed by atoms with Crippen molar-refractivity contribution < 1.29 is 9.90 Å². The second kappa shape index (κ2) is 5.65. The number of rotatable bonds is 4. The summed E-state index contributed by atoms with van der Waals surface area (Å²) in [7, 11) is 0. The zero-order valence-electron chi connectivity index (χ0n) is 9.66. The Labute approximate surface area is 110 Å². The van der Waals surface area contributed by atoms with E-state index in [2.05, 4.69) is 39.0 Å². The van der Waals surface area contributed by atoms with E-state index in [4.69, 9.17) is 5.11 Å². The molecule has 3 nitrogen and oxygen atoms in total. The second-order valence-corrected chi connectivity index (χ2v) is 5.35. The lowest BCUT2D eigenvalue weighted by Gasteiger charge is -2.28. The molecule has 0 saturated carbocycles. The van der Waals surface area contributed by atoms with Crippen LogP contribution in [0.3, 0.4) is 0 Å². The van der Waals surface area contributed by atoms with Crippen LogP contribution in [0.5, 0.6) is 0 Å². The number of nitrogens with zero attached hydrogens (tertiary/aromatic N) is 1. The fraction of sp³-hybridized carbons (Fsp3) is 0.462. The van der Waals surface area contributed by atoms with E-state index in [0.717, 1.165) is 36.9 Å². The maximum atomic E-state index is 10.5. The minimum Gasteiger partial charge on any atom is -0.481 e. The van der Waals surface area contributed by atoms with Crippen LogP contribution in [0.1, 0.15) is 24.0 Å². The van der Waals surface area contributed by atoms with E-state index in [1.165, 1.54) is 11.1 Å². The molecule has 92 valence electrons. The number of halogens is 1. The van der Waals surface area contributed by atoms with Gasteiger partial charge >= 0.3 is 5.97 Å². The summed E-state index contributed by atoms with van der Waals surface area (Å²) >= 11 is 3.48. The number of carboxylic acid groups (broad SMARTS) is 1. The first-order valence-corrected chi connectivity index (χ1v) is 6.66. The van der Waals surface area contributed by atoms with Gasteiger partial charge in [-0.25, -0.2) is 0 Å². The molecular weight excluding hydrogens is 282 g/mol. The monoisotopic (exact) mass is 297 g/mol. The van der Waals surface area contributed by atoms with Crippen molar-refractivity contribution in [2.45, 2.75) is 25.8 Å². The second-order valence-electron chi connectivity index (χ2n) is 4.44. The minimum atomic E-state index is -0.702. The highest BCUT2D eigenvalue weighted by atomic mass is 79.9. The number of benzene rings is 1. The summed E-state index contributed by atoms with van der Waals surface area (Å²) in [5.41, 5.74) is 2.78. The predicted molar refractivity (Wildman–Crippen MR) is 70.0 cm³/mol. The molecular formula is C13H16BrNO2. The van der Waals surface area contributed by atoms with Gasteiger partial charge in [0.2, 0.25) is 0 Å². The van der Waals surface area contributed by atoms with Gasteiger partial charge in [-0.1, -0.05) is 22.0 Å². The number of aliphatic carboxylic acids is 1. The Hall–Kier alpha value is -0.870. The van der Waals surface area contributed by atoms with Crippen LogP contribution < -0.4 is 0 Å². The number of hydrogen-bond acceptors (Lipinski definition) is 2.